The van der Waals surface area contributed by atoms with Crippen molar-refractivity contribution in [3.05, 3.63) is 0 Å². The van der Waals surface area contributed by atoms with Crippen LogP contribution in [0.5, 0.6) is 0 Å². The number of hydrogen-bond acceptors (Lipinski definition) is 19. The third kappa shape index (κ3) is 203. The zero-order chi connectivity index (χ0) is 39.9. The van der Waals surface area contributed by atoms with Crippen molar-refractivity contribution in [1.82, 2.24) is 0 Å². The molecular formula is C24H61N4Na10O15P5. The molecule has 302 valence electrons. The third-order valence-electron chi connectivity index (χ3n) is 4.26. The van der Waals surface area contributed by atoms with E-state index in [2.05, 4.69) is 0 Å². The molecule has 0 amide bonds. The number of nitrogens with two attached hydrogens (primary N) is 4. The van der Waals surface area contributed by atoms with Crippen LogP contribution in [-0.4, -0.2) is 57.0 Å². The van der Waals surface area contributed by atoms with Gasteiger partial charge in [0.05, 0.1) is 0 Å². The molecule has 34 heteroatoms. The molecule has 0 spiro atoms. The van der Waals surface area contributed by atoms with Crippen molar-refractivity contribution >= 4 is 38.0 Å². The second-order valence-electron chi connectivity index (χ2n) is 9.60. The average molecular weight is 1030 g/mol. The number of unbranched alkanes of at least 4 members (excludes halogenated alkanes) is 5. The first kappa shape index (κ1) is 118. The minimum Gasteiger partial charge on any atom is -0.811 e. The molecule has 0 aromatic heterocycles. The topological polar surface area (TPSA) is 420 Å². The summed E-state index contributed by atoms with van der Waals surface area (Å²) in [5.74, 6) is 0. The van der Waals surface area contributed by atoms with E-state index in [4.69, 9.17) is 22.9 Å². The minimum absolute atomic E-state index is 0. The van der Waals surface area contributed by atoms with E-state index >= 15 is 0 Å². The Kier molecular flexibility index (Phi) is 171. The Labute approximate surface area is 572 Å². The van der Waals surface area contributed by atoms with Gasteiger partial charge in [-0.05, 0) is 62.9 Å². The summed E-state index contributed by atoms with van der Waals surface area (Å²) in [6, 6.07) is 0. The van der Waals surface area contributed by atoms with Crippen LogP contribution in [0, 0.1) is 0 Å². The molecule has 0 heterocycles. The molecule has 0 aliphatic rings. The maximum absolute atomic E-state index is 9.86. The Hall–Kier alpha value is 10.6. The summed E-state index contributed by atoms with van der Waals surface area (Å²) in [7, 11) is -20.9. The first-order chi connectivity index (χ1) is 21.6. The van der Waals surface area contributed by atoms with Crippen LogP contribution in [0.15, 0.2) is 0 Å². The van der Waals surface area contributed by atoms with Gasteiger partial charge in [0.25, 0.3) is 0 Å². The van der Waals surface area contributed by atoms with Gasteiger partial charge in [-0.15, -0.1) is 0 Å². The zero-order valence-electron chi connectivity index (χ0n) is 39.1. The molecule has 0 unspecified atom stereocenters. The van der Waals surface area contributed by atoms with Gasteiger partial charge in [0, 0.05) is 26.2 Å². The van der Waals surface area contributed by atoms with Gasteiger partial charge in [0.2, 0.25) is 0 Å². The smallest absolute Gasteiger partial charge is 0.811 e. The quantitative estimate of drug-likeness (QED) is 0.0776. The zero-order valence-corrected chi connectivity index (χ0v) is 63.6. The van der Waals surface area contributed by atoms with Crippen molar-refractivity contribution in [3.63, 3.8) is 0 Å². The van der Waals surface area contributed by atoms with E-state index in [9.17, 15) is 71.8 Å². The van der Waals surface area contributed by atoms with Crippen molar-refractivity contribution in [2.75, 3.05) is 57.0 Å². The molecule has 0 fully saturated rings. The van der Waals surface area contributed by atoms with Gasteiger partial charge in [0.1, 0.15) is 0 Å². The molecule has 19 nitrogen and oxygen atoms in total. The van der Waals surface area contributed by atoms with Crippen LogP contribution in [0.2, 0.25) is 0 Å². The standard InChI is InChI=1S/5C4H11O3P.2C2H8N2.10Na/c5*1-2-3-4-8(5,6)7;2*3-1-2-4;;;;;;;;;;/h5*2-4H2,1H3,(H2,5,6,7);2*1-4H2;;;;;;;;;;/q;;;;;;;10*+1/p-10. The van der Waals surface area contributed by atoms with Crippen LogP contribution in [0.1, 0.15) is 98.8 Å². The van der Waals surface area contributed by atoms with Crippen molar-refractivity contribution < 1.29 is 367 Å². The van der Waals surface area contributed by atoms with Crippen molar-refractivity contribution in [2.45, 2.75) is 98.8 Å². The van der Waals surface area contributed by atoms with Gasteiger partial charge in [-0.1, -0.05) is 105 Å². The molecule has 0 aliphatic carbocycles. The summed E-state index contributed by atoms with van der Waals surface area (Å²) in [6.07, 6.45) is 5.29. The van der Waals surface area contributed by atoms with Gasteiger partial charge < -0.3 is 94.7 Å². The second-order valence-corrected chi connectivity index (χ2v) is 17.9. The summed E-state index contributed by atoms with van der Waals surface area (Å²) in [6.45, 7) is 11.6. The fourth-order valence-electron chi connectivity index (χ4n) is 1.76. The van der Waals surface area contributed by atoms with E-state index in [0.717, 1.165) is 32.1 Å². The third-order valence-corrected chi connectivity index (χ3v) is 8.58. The molecule has 0 aromatic carbocycles. The molecule has 0 bridgehead atoms. The maximum Gasteiger partial charge on any atom is 1.00 e. The predicted octanol–water partition coefficient (Wildman–Crippen LogP) is -33.7. The summed E-state index contributed by atoms with van der Waals surface area (Å²) in [4.78, 5) is 98.6. The van der Waals surface area contributed by atoms with Crippen molar-refractivity contribution in [1.29, 1.82) is 0 Å². The average Bonchev–Trinajstić information content (AvgIpc) is 2.95. The Bertz CT molecular complexity index is 742. The molecule has 8 N–H and O–H groups in total. The van der Waals surface area contributed by atoms with Crippen LogP contribution < -0.4 is 367 Å². The van der Waals surface area contributed by atoms with E-state index in [1.165, 1.54) is 0 Å². The van der Waals surface area contributed by atoms with Crippen LogP contribution in [-0.2, 0) is 22.8 Å². The van der Waals surface area contributed by atoms with E-state index in [0.29, 0.717) is 58.3 Å². The van der Waals surface area contributed by atoms with Gasteiger partial charge >= 0.3 is 296 Å². The van der Waals surface area contributed by atoms with E-state index in [-0.39, 0.29) is 326 Å². The van der Waals surface area contributed by atoms with Gasteiger partial charge in [-0.2, -0.15) is 0 Å². The van der Waals surface area contributed by atoms with Gasteiger partial charge in [-0.3, -0.25) is 0 Å². The van der Waals surface area contributed by atoms with E-state index in [1.807, 2.05) is 34.6 Å². The normalized spacial score (nSPS) is 9.22. The van der Waals surface area contributed by atoms with Crippen LogP contribution in [0.3, 0.4) is 0 Å². The van der Waals surface area contributed by atoms with Gasteiger partial charge in [-0.25, -0.2) is 0 Å². The largest absolute Gasteiger partial charge is 1.00 e. The molecule has 58 heavy (non-hydrogen) atoms. The Balaban J connectivity index is -0.0000000222. The molecule has 0 radical (unpaired) electrons. The number of rotatable bonds is 17. The molecule has 0 atom stereocenters. The fraction of sp³-hybridized carbons (Fsp3) is 1.00. The summed E-state index contributed by atoms with van der Waals surface area (Å²) in [5.41, 5.74) is 19.6. The maximum atomic E-state index is 9.86. The van der Waals surface area contributed by atoms with Crippen molar-refractivity contribution in [3.8, 4) is 0 Å². The molecule has 0 rings (SSSR count). The SMILES string of the molecule is CCCCP(=O)([O-])[O-].CCCCP(=O)([O-])[O-].CCCCP(=O)([O-])[O-].CCCCP(=O)([O-])[O-].CCCCP(=O)([O-])[O-].NCCN.NCCN.[Na+].[Na+].[Na+].[Na+].[Na+].[Na+].[Na+].[Na+].[Na+].[Na+]. The molecule has 0 aromatic rings. The molecule has 0 aliphatic heterocycles. The van der Waals surface area contributed by atoms with Crippen molar-refractivity contribution in [2.24, 2.45) is 22.9 Å². The fourth-order valence-corrected chi connectivity index (χ4v) is 5.28. The Morgan fingerprint density at radius 1 is 0.276 bits per heavy atom. The molecule has 0 saturated carbocycles. The van der Waals surface area contributed by atoms with E-state index in [1.54, 1.807) is 0 Å². The predicted molar refractivity (Wildman–Crippen MR) is 173 cm³/mol. The first-order valence-corrected chi connectivity index (χ1v) is 24.1. The Morgan fingerprint density at radius 3 is 0.379 bits per heavy atom. The second kappa shape index (κ2) is 84.4. The van der Waals surface area contributed by atoms with Crippen LogP contribution in [0.4, 0.5) is 0 Å². The summed E-state index contributed by atoms with van der Waals surface area (Å²) < 4.78 is 49.3. The van der Waals surface area contributed by atoms with Crippen LogP contribution in [0.25, 0.3) is 0 Å². The number of hydrogen-bond donors (Lipinski definition) is 4. The van der Waals surface area contributed by atoms with Gasteiger partial charge in [0.15, 0.2) is 0 Å². The summed E-state index contributed by atoms with van der Waals surface area (Å²) in [5, 5.41) is 0. The first-order valence-electron chi connectivity index (χ1n) is 15.5. The monoisotopic (exact) mass is 1030 g/mol. The van der Waals surface area contributed by atoms with E-state index < -0.39 is 38.0 Å². The minimum atomic E-state index is -4.18. The Morgan fingerprint density at radius 2 is 0.362 bits per heavy atom. The summed E-state index contributed by atoms with van der Waals surface area (Å²) >= 11 is 0. The molecule has 0 saturated heterocycles. The molecular weight excluding hydrogens is 969 g/mol. The van der Waals surface area contributed by atoms with Crippen LogP contribution >= 0.6 is 38.0 Å².